The molecule has 1 heterocycles. The topological polar surface area (TPSA) is 64.6 Å². The van der Waals surface area contributed by atoms with Crippen LogP contribution in [-0.4, -0.2) is 24.1 Å². The fourth-order valence-electron chi connectivity index (χ4n) is 2.14. The summed E-state index contributed by atoms with van der Waals surface area (Å²) in [6.07, 6.45) is 0.957. The second-order valence-corrected chi connectivity index (χ2v) is 5.93. The predicted molar refractivity (Wildman–Crippen MR) is 75.5 cm³/mol. The molecule has 108 valence electrons. The zero-order chi connectivity index (χ0) is 14.9. The van der Waals surface area contributed by atoms with Crippen LogP contribution in [0.15, 0.2) is 12.1 Å². The Labute approximate surface area is 118 Å². The average molecular weight is 277 g/mol. The second-order valence-electron chi connectivity index (χ2n) is 5.93. The summed E-state index contributed by atoms with van der Waals surface area (Å²) < 4.78 is 10.8. The van der Waals surface area contributed by atoms with Gasteiger partial charge in [0.2, 0.25) is 0 Å². The summed E-state index contributed by atoms with van der Waals surface area (Å²) in [7, 11) is 0. The Kier molecular flexibility index (Phi) is 3.70. The highest BCUT2D eigenvalue weighted by Gasteiger charge is 2.24. The van der Waals surface area contributed by atoms with Gasteiger partial charge in [-0.15, -0.1) is 0 Å². The van der Waals surface area contributed by atoms with E-state index in [1.807, 2.05) is 13.0 Å². The summed E-state index contributed by atoms with van der Waals surface area (Å²) in [5.74, 6) is 0.613. The quantitative estimate of drug-likeness (QED) is 0.843. The molecule has 1 N–H and O–H groups in total. The smallest absolute Gasteiger partial charge is 0.412 e. The molecule has 0 aliphatic carbocycles. The predicted octanol–water partition coefficient (Wildman–Crippen LogP) is 3.17. The molecule has 0 saturated carbocycles. The maximum absolute atomic E-state index is 11.7. The number of rotatable bonds is 2. The van der Waals surface area contributed by atoms with Crippen LogP contribution in [0.4, 0.5) is 10.5 Å². The third-order valence-corrected chi connectivity index (χ3v) is 2.79. The number of aldehydes is 1. The Morgan fingerprint density at radius 3 is 2.75 bits per heavy atom. The summed E-state index contributed by atoms with van der Waals surface area (Å²) in [6, 6.07) is 3.41. The molecule has 0 fully saturated rings. The van der Waals surface area contributed by atoms with Gasteiger partial charge in [0.25, 0.3) is 0 Å². The van der Waals surface area contributed by atoms with E-state index in [-0.39, 0.29) is 6.10 Å². The highest BCUT2D eigenvalue weighted by molar-refractivity contribution is 5.89. The Bertz CT molecular complexity index is 546. The number of fused-ring (bicyclic) bond motifs is 1. The largest absolute Gasteiger partial charge is 0.489 e. The molecular weight excluding hydrogens is 258 g/mol. The molecule has 1 amide bonds. The molecule has 5 nitrogen and oxygen atoms in total. The Hall–Kier alpha value is -2.04. The van der Waals surface area contributed by atoms with Gasteiger partial charge in [-0.1, -0.05) is 0 Å². The van der Waals surface area contributed by atoms with Crippen molar-refractivity contribution in [1.82, 2.24) is 0 Å². The maximum Gasteiger partial charge on any atom is 0.412 e. The minimum atomic E-state index is -0.564. The van der Waals surface area contributed by atoms with Crippen LogP contribution in [0.3, 0.4) is 0 Å². The molecule has 0 spiro atoms. The number of benzene rings is 1. The summed E-state index contributed by atoms with van der Waals surface area (Å²) in [4.78, 5) is 22.9. The molecule has 1 aliphatic heterocycles. The molecule has 20 heavy (non-hydrogen) atoms. The Morgan fingerprint density at radius 1 is 1.45 bits per heavy atom. The summed E-state index contributed by atoms with van der Waals surface area (Å²) >= 11 is 0. The van der Waals surface area contributed by atoms with E-state index in [2.05, 4.69) is 5.32 Å². The van der Waals surface area contributed by atoms with E-state index in [0.29, 0.717) is 17.0 Å². The van der Waals surface area contributed by atoms with Crippen molar-refractivity contribution in [3.8, 4) is 5.75 Å². The summed E-state index contributed by atoms with van der Waals surface area (Å²) in [6.45, 7) is 7.32. The monoisotopic (exact) mass is 277 g/mol. The van der Waals surface area contributed by atoms with Crippen LogP contribution in [0.25, 0.3) is 0 Å². The fourth-order valence-corrected chi connectivity index (χ4v) is 2.14. The van der Waals surface area contributed by atoms with Gasteiger partial charge in [0.15, 0.2) is 6.29 Å². The number of hydrogen-bond donors (Lipinski definition) is 1. The van der Waals surface area contributed by atoms with Crippen molar-refractivity contribution in [2.45, 2.75) is 45.8 Å². The lowest BCUT2D eigenvalue weighted by molar-refractivity contribution is 0.0635. The number of carbonyl (C=O) groups is 2. The van der Waals surface area contributed by atoms with E-state index >= 15 is 0 Å². The number of ether oxygens (including phenoxy) is 2. The van der Waals surface area contributed by atoms with Crippen LogP contribution >= 0.6 is 0 Å². The van der Waals surface area contributed by atoms with Crippen LogP contribution in [0.2, 0.25) is 0 Å². The van der Waals surface area contributed by atoms with E-state index in [4.69, 9.17) is 9.47 Å². The van der Waals surface area contributed by atoms with Gasteiger partial charge in [-0.25, -0.2) is 4.79 Å². The third kappa shape index (κ3) is 3.29. The van der Waals surface area contributed by atoms with Gasteiger partial charge < -0.3 is 9.47 Å². The van der Waals surface area contributed by atoms with Crippen LogP contribution in [0.5, 0.6) is 5.75 Å². The van der Waals surface area contributed by atoms with Gasteiger partial charge >= 0.3 is 6.09 Å². The lowest BCUT2D eigenvalue weighted by Gasteiger charge is -2.20. The minimum absolute atomic E-state index is 0.0421. The normalized spacial score (nSPS) is 17.1. The molecule has 0 aromatic heterocycles. The van der Waals surface area contributed by atoms with Gasteiger partial charge in [-0.05, 0) is 39.8 Å². The van der Waals surface area contributed by atoms with Crippen LogP contribution < -0.4 is 10.1 Å². The van der Waals surface area contributed by atoms with Crippen molar-refractivity contribution in [1.29, 1.82) is 0 Å². The second kappa shape index (κ2) is 5.15. The van der Waals surface area contributed by atoms with E-state index in [1.54, 1.807) is 26.8 Å². The first-order chi connectivity index (χ1) is 9.28. The van der Waals surface area contributed by atoms with Crippen molar-refractivity contribution >= 4 is 18.1 Å². The third-order valence-electron chi connectivity index (χ3n) is 2.79. The lowest BCUT2D eigenvalue weighted by Crippen LogP contribution is -2.27. The molecule has 0 saturated heterocycles. The van der Waals surface area contributed by atoms with Gasteiger partial charge in [-0.3, -0.25) is 10.1 Å². The van der Waals surface area contributed by atoms with Crippen molar-refractivity contribution in [2.24, 2.45) is 0 Å². The van der Waals surface area contributed by atoms with Crippen LogP contribution in [0.1, 0.15) is 43.6 Å². The van der Waals surface area contributed by atoms with Gasteiger partial charge in [0, 0.05) is 17.7 Å². The molecule has 0 radical (unpaired) electrons. The first-order valence-electron chi connectivity index (χ1n) is 6.57. The van der Waals surface area contributed by atoms with Crippen molar-refractivity contribution in [3.05, 3.63) is 23.3 Å². The van der Waals surface area contributed by atoms with Gasteiger partial charge in [0.1, 0.15) is 17.5 Å². The highest BCUT2D eigenvalue weighted by Crippen LogP contribution is 2.34. The first-order valence-corrected chi connectivity index (χ1v) is 6.57. The van der Waals surface area contributed by atoms with Gasteiger partial charge in [0.05, 0.1) is 5.56 Å². The van der Waals surface area contributed by atoms with E-state index in [1.165, 1.54) is 0 Å². The molecular formula is C15H19NO4. The zero-order valence-corrected chi connectivity index (χ0v) is 12.1. The molecule has 1 unspecified atom stereocenters. The summed E-state index contributed by atoms with van der Waals surface area (Å²) in [5.41, 5.74) is 1.34. The fraction of sp³-hybridized carbons (Fsp3) is 0.467. The van der Waals surface area contributed by atoms with Crippen LogP contribution in [0, 0.1) is 0 Å². The molecule has 2 rings (SSSR count). The molecule has 1 atom stereocenters. The Morgan fingerprint density at radius 2 is 2.15 bits per heavy atom. The molecule has 1 aliphatic rings. The van der Waals surface area contributed by atoms with Crippen molar-refractivity contribution < 1.29 is 19.1 Å². The molecule has 0 bridgehead atoms. The number of hydrogen-bond acceptors (Lipinski definition) is 4. The number of amides is 1. The number of carbonyl (C=O) groups excluding carboxylic acids is 2. The molecule has 1 aromatic carbocycles. The lowest BCUT2D eigenvalue weighted by atomic mass is 10.1. The molecule has 1 aromatic rings. The number of nitrogens with one attached hydrogen (secondary N) is 1. The Balaban J connectivity index is 2.20. The van der Waals surface area contributed by atoms with E-state index in [0.717, 1.165) is 18.3 Å². The standard InChI is InChI=1S/C15H19NO4/c1-9-5-10-6-12(7-11(8-17)13(10)19-9)16-14(18)20-15(2,3)4/h6-9H,5H2,1-4H3,(H,16,18). The first kappa shape index (κ1) is 14.4. The summed E-state index contributed by atoms with van der Waals surface area (Å²) in [5, 5.41) is 2.64. The van der Waals surface area contributed by atoms with Crippen molar-refractivity contribution in [3.63, 3.8) is 0 Å². The van der Waals surface area contributed by atoms with E-state index in [9.17, 15) is 9.59 Å². The van der Waals surface area contributed by atoms with Crippen LogP contribution in [-0.2, 0) is 11.2 Å². The minimum Gasteiger partial charge on any atom is -0.489 e. The van der Waals surface area contributed by atoms with Gasteiger partial charge in [-0.2, -0.15) is 0 Å². The van der Waals surface area contributed by atoms with E-state index < -0.39 is 11.7 Å². The average Bonchev–Trinajstić information content (AvgIpc) is 2.65. The SMILES string of the molecule is CC1Cc2cc(NC(=O)OC(C)(C)C)cc(C=O)c2O1. The molecule has 5 heteroatoms. The highest BCUT2D eigenvalue weighted by atomic mass is 16.6. The van der Waals surface area contributed by atoms with Crippen molar-refractivity contribution in [2.75, 3.05) is 5.32 Å². The number of anilines is 1. The zero-order valence-electron chi connectivity index (χ0n) is 12.1. The maximum atomic E-state index is 11.7.